The normalized spacial score (nSPS) is 11.7. The number of carbonyl (C=O) groups is 1. The molecule has 19 heavy (non-hydrogen) atoms. The van der Waals surface area contributed by atoms with Gasteiger partial charge in [0.1, 0.15) is 5.82 Å². The summed E-state index contributed by atoms with van der Waals surface area (Å²) >= 11 is 0. The molecule has 0 unspecified atom stereocenters. The summed E-state index contributed by atoms with van der Waals surface area (Å²) < 4.78 is 18.0. The molecule has 1 aromatic rings. The molecule has 0 radical (unpaired) electrons. The van der Waals surface area contributed by atoms with Gasteiger partial charge < -0.3 is 10.1 Å². The minimum absolute atomic E-state index is 0.0152. The molecule has 0 fully saturated rings. The molecular weight excluding hydrogens is 255 g/mol. The van der Waals surface area contributed by atoms with Gasteiger partial charge in [-0.05, 0) is 19.4 Å². The SMILES string of the molecule is CC[C@@H](C)NC(=O)COc1cc(F)ccc1[N+](=O)[O-]. The van der Waals surface area contributed by atoms with Crippen LogP contribution in [-0.4, -0.2) is 23.5 Å². The number of benzene rings is 1. The van der Waals surface area contributed by atoms with Gasteiger partial charge in [0.25, 0.3) is 5.91 Å². The highest BCUT2D eigenvalue weighted by molar-refractivity contribution is 5.77. The highest BCUT2D eigenvalue weighted by Crippen LogP contribution is 2.27. The van der Waals surface area contributed by atoms with E-state index in [0.29, 0.717) is 0 Å². The maximum absolute atomic E-state index is 13.0. The van der Waals surface area contributed by atoms with Crippen LogP contribution >= 0.6 is 0 Å². The van der Waals surface area contributed by atoms with Gasteiger partial charge in [-0.15, -0.1) is 0 Å². The quantitative estimate of drug-likeness (QED) is 0.633. The van der Waals surface area contributed by atoms with Gasteiger partial charge in [0.2, 0.25) is 5.75 Å². The third-order valence-corrected chi connectivity index (χ3v) is 2.50. The Morgan fingerprint density at radius 3 is 2.84 bits per heavy atom. The van der Waals surface area contributed by atoms with E-state index in [2.05, 4.69) is 5.32 Å². The molecule has 104 valence electrons. The zero-order chi connectivity index (χ0) is 14.4. The summed E-state index contributed by atoms with van der Waals surface area (Å²) in [5.41, 5.74) is -0.377. The van der Waals surface area contributed by atoms with Crippen LogP contribution in [-0.2, 0) is 4.79 Å². The maximum atomic E-state index is 13.0. The van der Waals surface area contributed by atoms with Gasteiger partial charge in [0.15, 0.2) is 6.61 Å². The molecule has 1 atom stereocenters. The van der Waals surface area contributed by atoms with E-state index in [1.807, 2.05) is 13.8 Å². The van der Waals surface area contributed by atoms with E-state index in [-0.39, 0.29) is 17.5 Å². The number of nitrogens with one attached hydrogen (secondary N) is 1. The Balaban J connectivity index is 2.69. The van der Waals surface area contributed by atoms with E-state index >= 15 is 0 Å². The number of nitrogens with zero attached hydrogens (tertiary/aromatic N) is 1. The molecule has 0 aliphatic carbocycles. The first-order valence-electron chi connectivity index (χ1n) is 5.80. The van der Waals surface area contributed by atoms with Crippen LogP contribution in [0.5, 0.6) is 5.75 Å². The summed E-state index contributed by atoms with van der Waals surface area (Å²) in [7, 11) is 0. The molecule has 1 amide bonds. The molecule has 0 aromatic heterocycles. The van der Waals surface area contributed by atoms with Crippen molar-refractivity contribution in [2.75, 3.05) is 6.61 Å². The Bertz CT molecular complexity index is 479. The van der Waals surface area contributed by atoms with Gasteiger partial charge in [0, 0.05) is 18.2 Å². The van der Waals surface area contributed by atoms with Crippen molar-refractivity contribution >= 4 is 11.6 Å². The lowest BCUT2D eigenvalue weighted by Gasteiger charge is -2.12. The van der Waals surface area contributed by atoms with Crippen LogP contribution < -0.4 is 10.1 Å². The summed E-state index contributed by atoms with van der Waals surface area (Å²) in [6.45, 7) is 3.33. The molecular formula is C12H15FN2O4. The van der Waals surface area contributed by atoms with Crippen LogP contribution in [0.4, 0.5) is 10.1 Å². The van der Waals surface area contributed by atoms with Crippen LogP contribution in [0.25, 0.3) is 0 Å². The average Bonchev–Trinajstić information content (AvgIpc) is 2.35. The van der Waals surface area contributed by atoms with Gasteiger partial charge in [-0.1, -0.05) is 6.92 Å². The monoisotopic (exact) mass is 270 g/mol. The van der Waals surface area contributed by atoms with Crippen molar-refractivity contribution in [2.45, 2.75) is 26.3 Å². The first kappa shape index (κ1) is 14.9. The molecule has 7 heteroatoms. The second-order valence-corrected chi connectivity index (χ2v) is 4.03. The van der Waals surface area contributed by atoms with Gasteiger partial charge in [0.05, 0.1) is 4.92 Å². The molecule has 0 bridgehead atoms. The summed E-state index contributed by atoms with van der Waals surface area (Å²) in [6.07, 6.45) is 0.756. The molecule has 1 rings (SSSR count). The van der Waals surface area contributed by atoms with Crippen molar-refractivity contribution in [3.8, 4) is 5.75 Å². The van der Waals surface area contributed by atoms with E-state index in [0.717, 1.165) is 24.6 Å². The van der Waals surface area contributed by atoms with Crippen LogP contribution in [0.3, 0.4) is 0 Å². The molecule has 1 aromatic carbocycles. The van der Waals surface area contributed by atoms with E-state index in [4.69, 9.17) is 4.74 Å². The molecule has 1 N–H and O–H groups in total. The second kappa shape index (κ2) is 6.67. The number of hydrogen-bond acceptors (Lipinski definition) is 4. The summed E-state index contributed by atoms with van der Waals surface area (Å²) in [4.78, 5) is 21.5. The minimum Gasteiger partial charge on any atom is -0.477 e. The third kappa shape index (κ3) is 4.53. The highest BCUT2D eigenvalue weighted by Gasteiger charge is 2.17. The Kier molecular flexibility index (Phi) is 5.23. The summed E-state index contributed by atoms with van der Waals surface area (Å²) in [5, 5.41) is 13.3. The van der Waals surface area contributed by atoms with Crippen molar-refractivity contribution in [1.82, 2.24) is 5.32 Å². The number of carbonyl (C=O) groups excluding carboxylic acids is 1. The first-order valence-corrected chi connectivity index (χ1v) is 5.80. The standard InChI is InChI=1S/C12H15FN2O4/c1-3-8(2)14-12(16)7-19-11-6-9(13)4-5-10(11)15(17)18/h4-6,8H,3,7H2,1-2H3,(H,14,16)/t8-/m1/s1. The van der Waals surface area contributed by atoms with E-state index < -0.39 is 23.3 Å². The number of halogens is 1. The topological polar surface area (TPSA) is 81.5 Å². The Hall–Kier alpha value is -2.18. The van der Waals surface area contributed by atoms with Crippen LogP contribution in [0.2, 0.25) is 0 Å². The van der Waals surface area contributed by atoms with Gasteiger partial charge in [-0.2, -0.15) is 0 Å². The van der Waals surface area contributed by atoms with Crippen LogP contribution in [0.1, 0.15) is 20.3 Å². The predicted octanol–water partition coefficient (Wildman–Crippen LogP) is 2.03. The lowest BCUT2D eigenvalue weighted by molar-refractivity contribution is -0.385. The Morgan fingerprint density at radius 2 is 2.26 bits per heavy atom. The molecule has 0 spiro atoms. The highest BCUT2D eigenvalue weighted by atomic mass is 19.1. The maximum Gasteiger partial charge on any atom is 0.311 e. The predicted molar refractivity (Wildman–Crippen MR) is 66.4 cm³/mol. The lowest BCUT2D eigenvalue weighted by atomic mass is 10.2. The Labute approximate surface area is 109 Å². The first-order chi connectivity index (χ1) is 8.93. The molecule has 6 nitrogen and oxygen atoms in total. The molecule has 0 saturated heterocycles. The number of rotatable bonds is 6. The third-order valence-electron chi connectivity index (χ3n) is 2.50. The van der Waals surface area contributed by atoms with Crippen molar-refractivity contribution in [3.63, 3.8) is 0 Å². The molecule has 0 heterocycles. The van der Waals surface area contributed by atoms with E-state index in [1.165, 1.54) is 0 Å². The largest absolute Gasteiger partial charge is 0.477 e. The van der Waals surface area contributed by atoms with Crippen molar-refractivity contribution in [1.29, 1.82) is 0 Å². The van der Waals surface area contributed by atoms with E-state index in [1.54, 1.807) is 0 Å². The number of hydrogen-bond donors (Lipinski definition) is 1. The molecule has 0 aliphatic heterocycles. The van der Waals surface area contributed by atoms with E-state index in [9.17, 15) is 19.3 Å². The second-order valence-electron chi connectivity index (χ2n) is 4.03. The van der Waals surface area contributed by atoms with Crippen molar-refractivity contribution in [2.24, 2.45) is 0 Å². The van der Waals surface area contributed by atoms with Gasteiger partial charge in [-0.3, -0.25) is 14.9 Å². The fourth-order valence-electron chi connectivity index (χ4n) is 1.32. The zero-order valence-corrected chi connectivity index (χ0v) is 10.7. The number of nitro groups is 1. The van der Waals surface area contributed by atoms with Crippen molar-refractivity contribution in [3.05, 3.63) is 34.1 Å². The van der Waals surface area contributed by atoms with Crippen molar-refractivity contribution < 1.29 is 18.8 Å². The Morgan fingerprint density at radius 1 is 1.58 bits per heavy atom. The van der Waals surface area contributed by atoms with Gasteiger partial charge >= 0.3 is 5.69 Å². The zero-order valence-electron chi connectivity index (χ0n) is 10.7. The smallest absolute Gasteiger partial charge is 0.311 e. The summed E-state index contributed by atoms with van der Waals surface area (Å²) in [5.74, 6) is -1.33. The molecule has 0 saturated carbocycles. The van der Waals surface area contributed by atoms with Gasteiger partial charge in [-0.25, -0.2) is 4.39 Å². The average molecular weight is 270 g/mol. The number of amides is 1. The lowest BCUT2D eigenvalue weighted by Crippen LogP contribution is -2.35. The van der Waals surface area contributed by atoms with Crippen LogP contribution in [0.15, 0.2) is 18.2 Å². The number of nitro benzene ring substituents is 1. The minimum atomic E-state index is -0.693. The molecule has 0 aliphatic rings. The van der Waals surface area contributed by atoms with Crippen LogP contribution in [0, 0.1) is 15.9 Å². The summed E-state index contributed by atoms with van der Waals surface area (Å²) in [6, 6.07) is 2.83. The fourth-order valence-corrected chi connectivity index (χ4v) is 1.32. The fraction of sp³-hybridized carbons (Fsp3) is 0.417. The number of ether oxygens (including phenoxy) is 1.